The molecule has 3 heterocycles. The molecule has 0 spiro atoms. The molecule has 1 aromatic heterocycles. The Hall–Kier alpha value is -3.55. The molecule has 8 heteroatoms. The fraction of sp³-hybridized carbons (Fsp3) is 0.444. The molecule has 0 N–H and O–H groups in total. The molecule has 5 rings (SSSR count). The molecule has 0 saturated carbocycles. The number of para-hydroxylation sites is 2. The van der Waals surface area contributed by atoms with Gasteiger partial charge in [-0.2, -0.15) is 0 Å². The molecule has 1 unspecified atom stereocenters. The SMILES string of the molecule is CCCN(CCC)C(=O)Cn1c(C2CC(=O)N(c3ccc4c(c3)OCCO4)C2)nc2ccccc21. The van der Waals surface area contributed by atoms with Crippen LogP contribution in [-0.4, -0.2) is 59.1 Å². The van der Waals surface area contributed by atoms with Crippen molar-refractivity contribution in [3.63, 3.8) is 0 Å². The summed E-state index contributed by atoms with van der Waals surface area (Å²) in [7, 11) is 0. The number of imidazole rings is 1. The number of benzene rings is 2. The summed E-state index contributed by atoms with van der Waals surface area (Å²) in [5.74, 6) is 2.17. The van der Waals surface area contributed by atoms with Crippen LogP contribution in [0.4, 0.5) is 5.69 Å². The average molecular weight is 477 g/mol. The number of hydrogen-bond acceptors (Lipinski definition) is 5. The Morgan fingerprint density at radius 1 is 1.06 bits per heavy atom. The van der Waals surface area contributed by atoms with E-state index in [1.807, 2.05) is 51.9 Å². The zero-order valence-electron chi connectivity index (χ0n) is 20.4. The molecule has 35 heavy (non-hydrogen) atoms. The molecule has 2 aromatic carbocycles. The smallest absolute Gasteiger partial charge is 0.242 e. The molecule has 0 aliphatic carbocycles. The maximum atomic E-state index is 13.3. The first kappa shape index (κ1) is 23.2. The van der Waals surface area contributed by atoms with Gasteiger partial charge in [0, 0.05) is 43.7 Å². The van der Waals surface area contributed by atoms with Gasteiger partial charge in [0.15, 0.2) is 11.5 Å². The Labute approximate surface area is 205 Å². The standard InChI is InChI=1S/C27H32N4O4/c1-3-11-29(12-4-2)26(33)18-31-22-8-6-5-7-21(22)28-27(31)19-15-25(32)30(17-19)20-9-10-23-24(16-20)35-14-13-34-23/h5-10,16,19H,3-4,11-15,17-18H2,1-2H3. The third kappa shape index (κ3) is 4.57. The van der Waals surface area contributed by atoms with Gasteiger partial charge >= 0.3 is 0 Å². The van der Waals surface area contributed by atoms with Crippen molar-refractivity contribution in [2.24, 2.45) is 0 Å². The average Bonchev–Trinajstić information content (AvgIpc) is 3.44. The van der Waals surface area contributed by atoms with E-state index in [4.69, 9.17) is 14.5 Å². The zero-order valence-corrected chi connectivity index (χ0v) is 20.4. The highest BCUT2D eigenvalue weighted by Crippen LogP contribution is 2.38. The Morgan fingerprint density at radius 3 is 2.57 bits per heavy atom. The van der Waals surface area contributed by atoms with Crippen LogP contribution >= 0.6 is 0 Å². The molecule has 1 fully saturated rings. The molecular weight excluding hydrogens is 444 g/mol. The first-order chi connectivity index (χ1) is 17.1. The summed E-state index contributed by atoms with van der Waals surface area (Å²) in [5.41, 5.74) is 2.56. The highest BCUT2D eigenvalue weighted by molar-refractivity contribution is 5.97. The first-order valence-electron chi connectivity index (χ1n) is 12.5. The summed E-state index contributed by atoms with van der Waals surface area (Å²) in [6.07, 6.45) is 2.19. The van der Waals surface area contributed by atoms with Gasteiger partial charge in [-0.15, -0.1) is 0 Å². The van der Waals surface area contributed by atoms with Crippen LogP contribution in [0, 0.1) is 0 Å². The third-order valence-corrected chi connectivity index (χ3v) is 6.64. The van der Waals surface area contributed by atoms with Crippen LogP contribution in [0.1, 0.15) is 44.9 Å². The minimum absolute atomic E-state index is 0.0372. The lowest BCUT2D eigenvalue weighted by molar-refractivity contribution is -0.131. The van der Waals surface area contributed by atoms with E-state index in [2.05, 4.69) is 13.8 Å². The van der Waals surface area contributed by atoms with Crippen molar-refractivity contribution in [1.29, 1.82) is 0 Å². The van der Waals surface area contributed by atoms with Crippen molar-refractivity contribution in [2.45, 2.75) is 45.6 Å². The number of carbonyl (C=O) groups is 2. The second-order valence-corrected chi connectivity index (χ2v) is 9.16. The molecular formula is C27H32N4O4. The summed E-state index contributed by atoms with van der Waals surface area (Å²) < 4.78 is 13.3. The first-order valence-corrected chi connectivity index (χ1v) is 12.5. The van der Waals surface area contributed by atoms with Crippen LogP contribution in [0.25, 0.3) is 11.0 Å². The Morgan fingerprint density at radius 2 is 1.80 bits per heavy atom. The number of nitrogens with zero attached hydrogens (tertiary/aromatic N) is 4. The van der Waals surface area contributed by atoms with E-state index in [0.717, 1.165) is 48.5 Å². The topological polar surface area (TPSA) is 76.9 Å². The van der Waals surface area contributed by atoms with Crippen LogP contribution in [0.3, 0.4) is 0 Å². The predicted molar refractivity (Wildman–Crippen MR) is 134 cm³/mol. The van der Waals surface area contributed by atoms with E-state index < -0.39 is 0 Å². The van der Waals surface area contributed by atoms with Gasteiger partial charge in [0.1, 0.15) is 25.6 Å². The monoisotopic (exact) mass is 476 g/mol. The van der Waals surface area contributed by atoms with Crippen molar-refractivity contribution in [3.8, 4) is 11.5 Å². The molecule has 3 aromatic rings. The fourth-order valence-electron chi connectivity index (χ4n) is 5.04. The Kier molecular flexibility index (Phi) is 6.61. The highest BCUT2D eigenvalue weighted by Gasteiger charge is 2.35. The zero-order chi connectivity index (χ0) is 24.4. The molecule has 2 aliphatic heterocycles. The molecule has 0 radical (unpaired) electrons. The number of fused-ring (bicyclic) bond motifs is 2. The lowest BCUT2D eigenvalue weighted by atomic mass is 10.1. The minimum Gasteiger partial charge on any atom is -0.486 e. The largest absolute Gasteiger partial charge is 0.486 e. The quantitative estimate of drug-likeness (QED) is 0.492. The highest BCUT2D eigenvalue weighted by atomic mass is 16.6. The second kappa shape index (κ2) is 9.98. The van der Waals surface area contributed by atoms with Gasteiger partial charge in [-0.05, 0) is 37.1 Å². The summed E-state index contributed by atoms with van der Waals surface area (Å²) in [4.78, 5) is 35.0. The number of ether oxygens (including phenoxy) is 2. The van der Waals surface area contributed by atoms with Crippen LogP contribution in [-0.2, 0) is 16.1 Å². The lowest BCUT2D eigenvalue weighted by Crippen LogP contribution is -2.35. The number of hydrogen-bond donors (Lipinski definition) is 0. The number of carbonyl (C=O) groups excluding carboxylic acids is 2. The minimum atomic E-state index is -0.110. The van der Waals surface area contributed by atoms with Crippen molar-refractivity contribution in [2.75, 3.05) is 37.7 Å². The van der Waals surface area contributed by atoms with Crippen molar-refractivity contribution in [3.05, 3.63) is 48.3 Å². The normalized spacial score (nSPS) is 17.3. The number of amides is 2. The van der Waals surface area contributed by atoms with Gasteiger partial charge in [0.05, 0.1) is 11.0 Å². The fourth-order valence-corrected chi connectivity index (χ4v) is 5.04. The van der Waals surface area contributed by atoms with Crippen LogP contribution in [0.5, 0.6) is 11.5 Å². The van der Waals surface area contributed by atoms with E-state index in [0.29, 0.717) is 37.7 Å². The van der Waals surface area contributed by atoms with Crippen LogP contribution in [0.2, 0.25) is 0 Å². The lowest BCUT2D eigenvalue weighted by Gasteiger charge is -2.23. The molecule has 1 saturated heterocycles. The van der Waals surface area contributed by atoms with E-state index in [1.54, 1.807) is 4.90 Å². The number of aromatic nitrogens is 2. The van der Waals surface area contributed by atoms with Crippen molar-refractivity contribution >= 4 is 28.5 Å². The molecule has 8 nitrogen and oxygen atoms in total. The van der Waals surface area contributed by atoms with E-state index in [1.165, 1.54) is 0 Å². The number of anilines is 1. The number of rotatable bonds is 8. The van der Waals surface area contributed by atoms with Gasteiger partial charge in [-0.25, -0.2) is 4.98 Å². The van der Waals surface area contributed by atoms with Gasteiger partial charge in [-0.1, -0.05) is 26.0 Å². The summed E-state index contributed by atoms with van der Waals surface area (Å²) in [6, 6.07) is 13.5. The van der Waals surface area contributed by atoms with Gasteiger partial charge < -0.3 is 23.8 Å². The van der Waals surface area contributed by atoms with E-state index >= 15 is 0 Å². The van der Waals surface area contributed by atoms with E-state index in [-0.39, 0.29) is 24.3 Å². The Balaban J connectivity index is 1.44. The molecule has 2 amide bonds. The molecule has 0 bridgehead atoms. The van der Waals surface area contributed by atoms with Crippen molar-refractivity contribution in [1.82, 2.24) is 14.5 Å². The molecule has 2 aliphatic rings. The summed E-state index contributed by atoms with van der Waals surface area (Å²) in [5, 5.41) is 0. The molecule has 1 atom stereocenters. The molecule has 184 valence electrons. The van der Waals surface area contributed by atoms with Gasteiger partial charge in [-0.3, -0.25) is 9.59 Å². The van der Waals surface area contributed by atoms with E-state index in [9.17, 15) is 9.59 Å². The van der Waals surface area contributed by atoms with Crippen molar-refractivity contribution < 1.29 is 19.1 Å². The second-order valence-electron chi connectivity index (χ2n) is 9.16. The predicted octanol–water partition coefficient (Wildman–Crippen LogP) is 3.98. The maximum absolute atomic E-state index is 13.3. The maximum Gasteiger partial charge on any atom is 0.242 e. The van der Waals surface area contributed by atoms with Gasteiger partial charge in [0.25, 0.3) is 0 Å². The Bertz CT molecular complexity index is 1230. The van der Waals surface area contributed by atoms with Crippen LogP contribution in [0.15, 0.2) is 42.5 Å². The summed E-state index contributed by atoms with van der Waals surface area (Å²) in [6.45, 7) is 7.42. The van der Waals surface area contributed by atoms with Crippen LogP contribution < -0.4 is 14.4 Å². The van der Waals surface area contributed by atoms with Gasteiger partial charge in [0.2, 0.25) is 11.8 Å². The summed E-state index contributed by atoms with van der Waals surface area (Å²) >= 11 is 0. The third-order valence-electron chi connectivity index (χ3n) is 6.64.